The summed E-state index contributed by atoms with van der Waals surface area (Å²) in [6.07, 6.45) is 2.25. The number of ether oxygens (including phenoxy) is 1. The molecule has 0 aromatic heterocycles. The average Bonchev–Trinajstić information content (AvgIpc) is 2.90. The van der Waals surface area contributed by atoms with Gasteiger partial charge in [0.2, 0.25) is 12.8 Å². The second kappa shape index (κ2) is 34.6. The summed E-state index contributed by atoms with van der Waals surface area (Å²) >= 11 is 12.5. The van der Waals surface area contributed by atoms with Crippen LogP contribution in [0.4, 0.5) is 4.79 Å². The van der Waals surface area contributed by atoms with E-state index in [-0.39, 0.29) is 12.7 Å². The van der Waals surface area contributed by atoms with Gasteiger partial charge in [-0.2, -0.15) is 21.5 Å². The van der Waals surface area contributed by atoms with E-state index < -0.39 is 0 Å². The molecule has 0 aliphatic rings. The predicted molar refractivity (Wildman–Crippen MR) is 170 cm³/mol. The highest BCUT2D eigenvalue weighted by atomic mass is 32.2. The Morgan fingerprint density at radius 1 is 0.757 bits per heavy atom. The minimum Gasteiger partial charge on any atom is -0.449 e. The molecule has 0 aliphatic heterocycles. The quantitative estimate of drug-likeness (QED) is 0.0298. The lowest BCUT2D eigenvalue weighted by Gasteiger charge is -2.07. The Kier molecular flexibility index (Phi) is 35.1. The Morgan fingerprint density at radius 2 is 1.35 bits per heavy atom. The highest BCUT2D eigenvalue weighted by Gasteiger charge is 2.01. The number of aliphatic hydroxyl groups is 1. The normalized spacial score (nSPS) is 11.4. The zero-order chi connectivity index (χ0) is 26.9. The van der Waals surface area contributed by atoms with Crippen molar-refractivity contribution in [3.05, 3.63) is 0 Å². The Balaban J connectivity index is 3.19. The van der Waals surface area contributed by atoms with Crippen LogP contribution in [0.3, 0.4) is 0 Å². The molecule has 0 radical (unpaired) electrons. The minimum atomic E-state index is -0.349. The van der Waals surface area contributed by atoms with Gasteiger partial charge in [0.1, 0.15) is 19.8 Å². The third kappa shape index (κ3) is 34.5. The van der Waals surface area contributed by atoms with Crippen LogP contribution in [0.2, 0.25) is 0 Å². The topological polar surface area (TPSA) is 120 Å². The first-order valence-corrected chi connectivity index (χ1v) is 19.4. The smallest absolute Gasteiger partial charge is 0.407 e. The lowest BCUT2D eigenvalue weighted by atomic mass is 10.7. The van der Waals surface area contributed by atoms with Gasteiger partial charge in [-0.15, -0.1) is 70.6 Å². The molecule has 0 saturated heterocycles. The lowest BCUT2D eigenvalue weighted by Crippen LogP contribution is -2.27. The van der Waals surface area contributed by atoms with Crippen LogP contribution >= 0.6 is 82.3 Å². The first-order valence-electron chi connectivity index (χ1n) is 11.3. The molecule has 17 heteroatoms. The number of thioether (sulfide) groups is 7. The van der Waals surface area contributed by atoms with Gasteiger partial charge < -0.3 is 24.9 Å². The summed E-state index contributed by atoms with van der Waals surface area (Å²) < 4.78 is 5.19. The van der Waals surface area contributed by atoms with Crippen LogP contribution in [0.5, 0.6) is 0 Å². The van der Waals surface area contributed by atoms with Crippen LogP contribution in [0.15, 0.2) is 9.98 Å². The molecule has 0 saturated carbocycles. The van der Waals surface area contributed by atoms with E-state index >= 15 is 0 Å². The van der Waals surface area contributed by atoms with Gasteiger partial charge in [-0.3, -0.25) is 9.98 Å². The molecule has 0 fully saturated rings. The molecule has 0 rings (SSSR count). The number of nitrogens with zero attached hydrogens (tertiary/aromatic N) is 2. The molecule has 37 heavy (non-hydrogen) atoms. The fraction of sp³-hybridized carbons (Fsp3) is 0.850. The molecule has 2 N–H and O–H groups in total. The zero-order valence-corrected chi connectivity index (χ0v) is 26.8. The molecule has 1 amide bonds. The number of carbonyl (C=O) groups excluding carboxylic acids is 1. The standard InChI is InChI=1S/C20H39N3O7S7/c1-21-14-29-27-7-13-35-19-37-18-34-11-5-26-20(25)23-3-9-33-17-36-16-32-8-2-22-15-30-28-6-12-31-10-4-24/h14-15,24H,2-13,16-19H2,1H3,(H,23,25). The van der Waals surface area contributed by atoms with Crippen LogP contribution in [0.1, 0.15) is 0 Å². The fourth-order valence-electron chi connectivity index (χ4n) is 1.76. The van der Waals surface area contributed by atoms with Crippen LogP contribution in [0.25, 0.3) is 0 Å². The van der Waals surface area contributed by atoms with E-state index in [1.54, 1.807) is 54.1 Å². The van der Waals surface area contributed by atoms with Crippen LogP contribution in [-0.4, -0.2) is 125 Å². The van der Waals surface area contributed by atoms with Gasteiger partial charge in [0, 0.05) is 68.4 Å². The van der Waals surface area contributed by atoms with E-state index in [9.17, 15) is 4.79 Å². The number of rotatable bonds is 29. The summed E-state index contributed by atoms with van der Waals surface area (Å²) in [5.41, 5.74) is 0. The monoisotopic (exact) mass is 657 g/mol. The van der Waals surface area contributed by atoms with Crippen molar-refractivity contribution in [2.24, 2.45) is 9.98 Å². The van der Waals surface area contributed by atoms with E-state index in [1.165, 1.54) is 12.8 Å². The van der Waals surface area contributed by atoms with E-state index in [1.807, 2.05) is 35.3 Å². The summed E-state index contributed by atoms with van der Waals surface area (Å²) in [6, 6.07) is 0. The predicted octanol–water partition coefficient (Wildman–Crippen LogP) is 4.25. The molecule has 0 aromatic carbocycles. The van der Waals surface area contributed by atoms with E-state index in [4.69, 9.17) is 24.5 Å². The number of hydrogen-bond acceptors (Lipinski definition) is 16. The summed E-state index contributed by atoms with van der Waals surface area (Å²) in [5, 5.41) is 15.4. The Labute approximate surface area is 250 Å². The molecular formula is C20H39N3O7S7. The third-order valence-corrected chi connectivity index (χ3v) is 11.4. The van der Waals surface area contributed by atoms with Crippen molar-refractivity contribution in [3.8, 4) is 0 Å². The van der Waals surface area contributed by atoms with Gasteiger partial charge in [0.15, 0.2) is 0 Å². The molecule has 0 spiro atoms. The number of alkyl carbamates (subject to hydrolysis) is 1. The summed E-state index contributed by atoms with van der Waals surface area (Å²) in [7, 11) is 1.62. The second-order valence-electron chi connectivity index (χ2n) is 6.12. The van der Waals surface area contributed by atoms with Crippen molar-refractivity contribution in [2.45, 2.75) is 0 Å². The van der Waals surface area contributed by atoms with Crippen LogP contribution in [-0.2, 0) is 24.3 Å². The van der Waals surface area contributed by atoms with E-state index in [0.717, 1.165) is 49.1 Å². The minimum absolute atomic E-state index is 0.182. The molecule has 0 aromatic rings. The number of aliphatic imine (C=N–C) groups is 2. The number of nitrogens with one attached hydrogen (secondary N) is 1. The maximum Gasteiger partial charge on any atom is 0.407 e. The molecule has 0 aliphatic carbocycles. The first-order chi connectivity index (χ1) is 18.3. The van der Waals surface area contributed by atoms with Gasteiger partial charge in [-0.25, -0.2) is 4.79 Å². The van der Waals surface area contributed by atoms with Crippen molar-refractivity contribution in [1.82, 2.24) is 5.32 Å². The van der Waals surface area contributed by atoms with Gasteiger partial charge in [-0.1, -0.05) is 0 Å². The maximum atomic E-state index is 11.7. The maximum absolute atomic E-state index is 11.7. The molecule has 218 valence electrons. The number of amides is 1. The first kappa shape index (κ1) is 37.5. The highest BCUT2D eigenvalue weighted by molar-refractivity contribution is 8.23. The van der Waals surface area contributed by atoms with Gasteiger partial charge in [0.25, 0.3) is 0 Å². The van der Waals surface area contributed by atoms with Gasteiger partial charge in [-0.05, 0) is 0 Å². The average molecular weight is 658 g/mol. The van der Waals surface area contributed by atoms with Gasteiger partial charge >= 0.3 is 6.09 Å². The van der Waals surface area contributed by atoms with Crippen molar-refractivity contribution in [1.29, 1.82) is 0 Å². The number of aliphatic hydroxyl groups excluding tert-OH is 1. The van der Waals surface area contributed by atoms with Gasteiger partial charge in [0.05, 0.1) is 13.2 Å². The molecule has 0 bridgehead atoms. The van der Waals surface area contributed by atoms with Crippen LogP contribution in [0, 0.1) is 0 Å². The highest BCUT2D eigenvalue weighted by Crippen LogP contribution is 2.18. The lowest BCUT2D eigenvalue weighted by molar-refractivity contribution is -0.210. The molecule has 0 heterocycles. The zero-order valence-electron chi connectivity index (χ0n) is 21.1. The summed E-state index contributed by atoms with van der Waals surface area (Å²) in [4.78, 5) is 38.8. The number of carbonyl (C=O) groups is 1. The second-order valence-corrected chi connectivity index (χ2v) is 15.2. The largest absolute Gasteiger partial charge is 0.449 e. The fourth-order valence-corrected chi connectivity index (χ4v) is 8.69. The third-order valence-electron chi connectivity index (χ3n) is 3.27. The Bertz CT molecular complexity index is 545. The Hall–Kier alpha value is 0.540. The van der Waals surface area contributed by atoms with Crippen molar-refractivity contribution in [2.75, 3.05) is 101 Å². The number of hydrogen-bond donors (Lipinski definition) is 2. The van der Waals surface area contributed by atoms with Crippen molar-refractivity contribution < 1.29 is 34.2 Å². The molecule has 0 atom stereocenters. The van der Waals surface area contributed by atoms with Crippen molar-refractivity contribution in [3.63, 3.8) is 0 Å². The van der Waals surface area contributed by atoms with Crippen LogP contribution < -0.4 is 5.32 Å². The summed E-state index contributed by atoms with van der Waals surface area (Å²) in [6.45, 7) is 2.89. The molecular weight excluding hydrogens is 619 g/mol. The SMILES string of the molecule is CN=COOCCSCSCSCCOC(=O)NCCSCSCSCCN=COOCCSCCO. The summed E-state index contributed by atoms with van der Waals surface area (Å²) in [5.74, 6) is 4.93. The van der Waals surface area contributed by atoms with E-state index in [2.05, 4.69) is 20.2 Å². The molecule has 0 unspecified atom stereocenters. The molecule has 10 nitrogen and oxygen atoms in total. The van der Waals surface area contributed by atoms with E-state index in [0.29, 0.717) is 38.7 Å². The Morgan fingerprint density at radius 3 is 2.03 bits per heavy atom. The van der Waals surface area contributed by atoms with Crippen molar-refractivity contribution >= 4 is 101 Å².